The summed E-state index contributed by atoms with van der Waals surface area (Å²) in [6.07, 6.45) is -0.00709. The number of rotatable bonds is 12. The Morgan fingerprint density at radius 3 is 2.52 bits per heavy atom. The molecule has 1 aliphatic heterocycles. The summed E-state index contributed by atoms with van der Waals surface area (Å²) in [7, 11) is -3.81. The lowest BCUT2D eigenvalue weighted by molar-refractivity contribution is 0.0530. The van der Waals surface area contributed by atoms with E-state index in [1.54, 1.807) is 30.9 Å². The molecule has 16 heteroatoms. The number of thiazole rings is 1. The molecule has 1 aliphatic rings. The van der Waals surface area contributed by atoms with Crippen LogP contribution in [0.3, 0.4) is 0 Å². The predicted octanol–water partition coefficient (Wildman–Crippen LogP) is 2.95. The lowest BCUT2D eigenvalue weighted by Crippen LogP contribution is -2.38. The third kappa shape index (κ3) is 7.90. The maximum Gasteiger partial charge on any atom is 0.410 e. The number of carbonyl (C=O) groups excluding carboxylic acids is 2. The summed E-state index contributed by atoms with van der Waals surface area (Å²) in [6, 6.07) is 6.16. The standard InChI is InChI=1S/C26H33N7O7S2/c1-4-38-12-13-40-26(35)33-11-10-20-19(15-33)22(28-14-17-6-8-18(9-7-17)42(27,36)37)31-24(30-20)32-25-29-16(3)21(41-25)23(34)39-5-2/h6-9H,4-5,10-15H2,1-3H3,(H2,27,36,37)(H2,28,29,30,31,32). The van der Waals surface area contributed by atoms with Gasteiger partial charge in [0, 0.05) is 31.7 Å². The Kier molecular flexibility index (Phi) is 10.3. The predicted molar refractivity (Wildman–Crippen MR) is 155 cm³/mol. The highest BCUT2D eigenvalue weighted by molar-refractivity contribution is 7.89. The minimum atomic E-state index is -3.81. The van der Waals surface area contributed by atoms with Crippen molar-refractivity contribution in [3.63, 3.8) is 0 Å². The van der Waals surface area contributed by atoms with Crippen molar-refractivity contribution in [1.82, 2.24) is 19.9 Å². The highest BCUT2D eigenvalue weighted by Gasteiger charge is 2.27. The second-order valence-electron chi connectivity index (χ2n) is 9.13. The van der Waals surface area contributed by atoms with E-state index in [-0.39, 0.29) is 30.6 Å². The maximum absolute atomic E-state index is 12.7. The van der Waals surface area contributed by atoms with Gasteiger partial charge >= 0.3 is 12.1 Å². The topological polar surface area (TPSA) is 188 Å². The number of nitrogens with one attached hydrogen (secondary N) is 2. The number of benzene rings is 1. The van der Waals surface area contributed by atoms with Crippen LogP contribution in [0.4, 0.5) is 21.7 Å². The Hall–Kier alpha value is -3.86. The molecule has 14 nitrogen and oxygen atoms in total. The Morgan fingerprint density at radius 2 is 1.83 bits per heavy atom. The summed E-state index contributed by atoms with van der Waals surface area (Å²) in [6.45, 7) is 7.49. The molecule has 1 amide bonds. The van der Waals surface area contributed by atoms with E-state index in [1.165, 1.54) is 12.1 Å². The molecule has 0 unspecified atom stereocenters. The first-order valence-electron chi connectivity index (χ1n) is 13.3. The van der Waals surface area contributed by atoms with Gasteiger partial charge in [-0.25, -0.2) is 33.1 Å². The minimum Gasteiger partial charge on any atom is -0.462 e. The van der Waals surface area contributed by atoms with E-state index >= 15 is 0 Å². The van der Waals surface area contributed by atoms with Gasteiger partial charge < -0.3 is 24.4 Å². The van der Waals surface area contributed by atoms with Gasteiger partial charge in [0.05, 0.1) is 36.0 Å². The molecule has 42 heavy (non-hydrogen) atoms. The summed E-state index contributed by atoms with van der Waals surface area (Å²) in [5.41, 5.74) is 2.76. The molecule has 0 aliphatic carbocycles. The van der Waals surface area contributed by atoms with Gasteiger partial charge in [0.2, 0.25) is 16.0 Å². The van der Waals surface area contributed by atoms with Crippen molar-refractivity contribution in [2.45, 2.75) is 45.2 Å². The molecule has 3 aromatic rings. The number of carbonyl (C=O) groups is 2. The summed E-state index contributed by atoms with van der Waals surface area (Å²) in [4.78, 5) is 40.7. The maximum atomic E-state index is 12.7. The molecule has 0 atom stereocenters. The fraction of sp³-hybridized carbons (Fsp3) is 0.423. The Morgan fingerprint density at radius 1 is 1.07 bits per heavy atom. The second kappa shape index (κ2) is 13.9. The monoisotopic (exact) mass is 619 g/mol. The molecule has 0 bridgehead atoms. The van der Waals surface area contributed by atoms with Crippen molar-refractivity contribution in [2.75, 3.05) is 43.6 Å². The summed E-state index contributed by atoms with van der Waals surface area (Å²) >= 11 is 1.14. The molecule has 0 fully saturated rings. The molecular formula is C26H33N7O7S2. The number of hydrogen-bond donors (Lipinski definition) is 3. The molecule has 2 aromatic heterocycles. The smallest absolute Gasteiger partial charge is 0.410 e. The first-order chi connectivity index (χ1) is 20.1. The van der Waals surface area contributed by atoms with Crippen LogP contribution >= 0.6 is 11.3 Å². The van der Waals surface area contributed by atoms with Crippen molar-refractivity contribution in [2.24, 2.45) is 5.14 Å². The first-order valence-corrected chi connectivity index (χ1v) is 15.6. The number of nitrogens with zero attached hydrogens (tertiary/aromatic N) is 4. The first kappa shape index (κ1) is 31.1. The zero-order valence-corrected chi connectivity index (χ0v) is 25.1. The van der Waals surface area contributed by atoms with Crippen LogP contribution in [0.25, 0.3) is 0 Å². The lowest BCUT2D eigenvalue weighted by Gasteiger charge is -2.29. The Balaban J connectivity index is 1.57. The van der Waals surface area contributed by atoms with E-state index in [0.29, 0.717) is 54.2 Å². The minimum absolute atomic E-state index is 0.0107. The van der Waals surface area contributed by atoms with E-state index in [9.17, 15) is 18.0 Å². The highest BCUT2D eigenvalue weighted by Crippen LogP contribution is 2.30. The van der Waals surface area contributed by atoms with Gasteiger partial charge in [0.15, 0.2) is 5.13 Å². The average Bonchev–Trinajstić information content (AvgIpc) is 3.33. The number of primary sulfonamides is 1. The zero-order valence-electron chi connectivity index (χ0n) is 23.5. The van der Waals surface area contributed by atoms with Gasteiger partial charge in [-0.1, -0.05) is 23.5 Å². The van der Waals surface area contributed by atoms with Crippen LogP contribution in [0.5, 0.6) is 0 Å². The van der Waals surface area contributed by atoms with Crippen LogP contribution in [0.2, 0.25) is 0 Å². The Bertz CT molecular complexity index is 1530. The van der Waals surface area contributed by atoms with Crippen molar-refractivity contribution >= 4 is 50.3 Å². The number of nitrogens with two attached hydrogens (primary N) is 1. The summed E-state index contributed by atoms with van der Waals surface area (Å²) in [5, 5.41) is 12.0. The van der Waals surface area contributed by atoms with Gasteiger partial charge in [-0.3, -0.25) is 5.32 Å². The zero-order chi connectivity index (χ0) is 30.3. The number of ether oxygens (including phenoxy) is 3. The number of amides is 1. The molecular weight excluding hydrogens is 586 g/mol. The number of sulfonamides is 1. The normalized spacial score (nSPS) is 12.9. The second-order valence-corrected chi connectivity index (χ2v) is 11.7. The van der Waals surface area contributed by atoms with Gasteiger partial charge in [0.25, 0.3) is 0 Å². The number of aryl methyl sites for hydroxylation is 1. The van der Waals surface area contributed by atoms with Gasteiger partial charge in [0.1, 0.15) is 17.3 Å². The number of hydrogen-bond acceptors (Lipinski definition) is 13. The van der Waals surface area contributed by atoms with Crippen LogP contribution in [0, 0.1) is 6.92 Å². The van der Waals surface area contributed by atoms with E-state index < -0.39 is 22.1 Å². The lowest BCUT2D eigenvalue weighted by atomic mass is 10.1. The summed E-state index contributed by atoms with van der Waals surface area (Å²) < 4.78 is 38.9. The third-order valence-electron chi connectivity index (χ3n) is 6.16. The van der Waals surface area contributed by atoms with Crippen LogP contribution in [-0.4, -0.2) is 73.3 Å². The number of aromatic nitrogens is 3. The molecule has 0 radical (unpaired) electrons. The van der Waals surface area contributed by atoms with Crippen molar-refractivity contribution in [3.8, 4) is 0 Å². The molecule has 0 spiro atoms. The number of anilines is 3. The van der Waals surface area contributed by atoms with E-state index in [1.807, 2.05) is 6.92 Å². The van der Waals surface area contributed by atoms with Gasteiger partial charge in [-0.05, 0) is 38.5 Å². The van der Waals surface area contributed by atoms with Crippen LogP contribution in [-0.2, 0) is 43.7 Å². The molecule has 0 saturated heterocycles. The highest BCUT2D eigenvalue weighted by atomic mass is 32.2. The average molecular weight is 620 g/mol. The number of fused-ring (bicyclic) bond motifs is 1. The van der Waals surface area contributed by atoms with Crippen LogP contribution in [0.1, 0.15) is 46.0 Å². The van der Waals surface area contributed by atoms with Crippen LogP contribution in [0.15, 0.2) is 29.2 Å². The molecule has 3 heterocycles. The van der Waals surface area contributed by atoms with Crippen LogP contribution < -0.4 is 15.8 Å². The van der Waals surface area contributed by atoms with E-state index in [2.05, 4.69) is 25.6 Å². The van der Waals surface area contributed by atoms with Crippen molar-refractivity contribution < 1.29 is 32.2 Å². The van der Waals surface area contributed by atoms with Gasteiger partial charge in [-0.2, -0.15) is 4.98 Å². The third-order valence-corrected chi connectivity index (χ3v) is 8.15. The quantitative estimate of drug-likeness (QED) is 0.199. The van der Waals surface area contributed by atoms with Crippen molar-refractivity contribution in [3.05, 3.63) is 51.7 Å². The van der Waals surface area contributed by atoms with E-state index in [0.717, 1.165) is 28.2 Å². The van der Waals surface area contributed by atoms with Crippen molar-refractivity contribution in [1.29, 1.82) is 0 Å². The molecule has 4 N–H and O–H groups in total. The molecule has 4 rings (SSSR count). The van der Waals surface area contributed by atoms with E-state index in [4.69, 9.17) is 19.3 Å². The largest absolute Gasteiger partial charge is 0.462 e. The SMILES string of the molecule is CCOCCOC(=O)N1CCc2nc(Nc3nc(C)c(C(=O)OCC)s3)nc(NCc3ccc(S(N)(=O)=O)cc3)c2C1. The number of esters is 1. The summed E-state index contributed by atoms with van der Waals surface area (Å²) in [5.74, 6) is 0.289. The fourth-order valence-corrected chi connectivity index (χ4v) is 5.48. The fourth-order valence-electron chi connectivity index (χ4n) is 4.11. The molecule has 0 saturated carbocycles. The Labute approximate surface area is 247 Å². The molecule has 1 aromatic carbocycles. The van der Waals surface area contributed by atoms with Gasteiger partial charge in [-0.15, -0.1) is 0 Å². The molecule has 226 valence electrons.